The molecule has 5 heteroatoms. The molecule has 4 nitrogen and oxygen atoms in total. The Morgan fingerprint density at radius 1 is 0.765 bits per heavy atom. The summed E-state index contributed by atoms with van der Waals surface area (Å²) in [5.41, 5.74) is 0. The van der Waals surface area contributed by atoms with Gasteiger partial charge in [0, 0.05) is 11.9 Å². The van der Waals surface area contributed by atoms with E-state index in [4.69, 9.17) is 0 Å². The third-order valence-corrected chi connectivity index (χ3v) is 1.97. The first kappa shape index (κ1) is 21.7. The first-order valence-corrected chi connectivity index (χ1v) is 5.94. The van der Waals surface area contributed by atoms with Crippen LogP contribution in [-0.4, -0.2) is 11.9 Å². The van der Waals surface area contributed by atoms with Crippen molar-refractivity contribution in [2.75, 3.05) is 0 Å². The van der Waals surface area contributed by atoms with Crippen LogP contribution in [0.3, 0.4) is 0 Å². The predicted molar refractivity (Wildman–Crippen MR) is 58.3 cm³/mol. The van der Waals surface area contributed by atoms with Crippen LogP contribution in [0.25, 0.3) is 0 Å². The fourth-order valence-corrected chi connectivity index (χ4v) is 1.04. The van der Waals surface area contributed by atoms with E-state index in [1.165, 1.54) is 0 Å². The first-order chi connectivity index (χ1) is 7.54. The maximum atomic E-state index is 9.76. The van der Waals surface area contributed by atoms with E-state index in [9.17, 15) is 19.8 Å². The van der Waals surface area contributed by atoms with Crippen molar-refractivity contribution in [1.82, 2.24) is 0 Å². The normalized spacial score (nSPS) is 8.59. The molecule has 0 amide bonds. The molecular formula is C12H22CuO4. The van der Waals surface area contributed by atoms with Gasteiger partial charge in [-0.25, -0.2) is 0 Å². The molecule has 0 aliphatic carbocycles. The monoisotopic (exact) mass is 293 g/mol. The molecule has 0 atom stereocenters. The quantitative estimate of drug-likeness (QED) is 0.486. The first-order valence-electron chi connectivity index (χ1n) is 5.94. The van der Waals surface area contributed by atoms with Crippen LogP contribution < -0.4 is 10.2 Å². The van der Waals surface area contributed by atoms with E-state index in [0.29, 0.717) is 0 Å². The summed E-state index contributed by atoms with van der Waals surface area (Å²) in [6.07, 6.45) is 6.07. The molecule has 0 saturated heterocycles. The fraction of sp³-hybridized carbons (Fsp3) is 0.833. The smallest absolute Gasteiger partial charge is 0.550 e. The summed E-state index contributed by atoms with van der Waals surface area (Å²) < 4.78 is 0. The van der Waals surface area contributed by atoms with Gasteiger partial charge in [0.25, 0.3) is 0 Å². The molecule has 1 radical (unpaired) electrons. The number of carbonyl (C=O) groups is 2. The van der Waals surface area contributed by atoms with Crippen LogP contribution in [0.15, 0.2) is 0 Å². The van der Waals surface area contributed by atoms with Crippen molar-refractivity contribution >= 4 is 11.9 Å². The molecule has 0 aliphatic heterocycles. The largest absolute Gasteiger partial charge is 2.00 e. The molecule has 105 valence electrons. The van der Waals surface area contributed by atoms with Crippen LogP contribution >= 0.6 is 0 Å². The number of rotatable bonds is 8. The van der Waals surface area contributed by atoms with Crippen LogP contribution in [0.2, 0.25) is 0 Å². The van der Waals surface area contributed by atoms with Gasteiger partial charge in [0.1, 0.15) is 0 Å². The van der Waals surface area contributed by atoms with Crippen molar-refractivity contribution in [3.63, 3.8) is 0 Å². The maximum Gasteiger partial charge on any atom is 2.00 e. The Labute approximate surface area is 114 Å². The topological polar surface area (TPSA) is 80.3 Å². The molecule has 0 aromatic rings. The Morgan fingerprint density at radius 3 is 1.24 bits per heavy atom. The Morgan fingerprint density at radius 2 is 1.06 bits per heavy atom. The van der Waals surface area contributed by atoms with E-state index < -0.39 is 11.9 Å². The van der Waals surface area contributed by atoms with Crippen molar-refractivity contribution in [3.05, 3.63) is 0 Å². The average molecular weight is 294 g/mol. The molecular weight excluding hydrogens is 272 g/mol. The number of aliphatic carboxylic acids is 2. The minimum Gasteiger partial charge on any atom is -0.550 e. The van der Waals surface area contributed by atoms with Gasteiger partial charge in [0.15, 0.2) is 0 Å². The molecule has 0 heterocycles. The summed E-state index contributed by atoms with van der Waals surface area (Å²) >= 11 is 0. The minimum atomic E-state index is -0.932. The molecule has 0 N–H and O–H groups in total. The second-order valence-electron chi connectivity index (χ2n) is 3.66. The van der Waals surface area contributed by atoms with Crippen molar-refractivity contribution in [2.24, 2.45) is 0 Å². The number of hydrogen-bond donors (Lipinski definition) is 0. The number of carboxylic acids is 2. The standard InChI is InChI=1S/2C6H12O2.Cu/c2*1-2-3-4-5-6(7)8;/h2*2-5H2,1H3,(H,7,8);/q;;+2/p-2. The summed E-state index contributed by atoms with van der Waals surface area (Å²) in [5.74, 6) is -1.86. The SMILES string of the molecule is CCCCCC(=O)[O-].CCCCCC(=O)[O-].[Cu+2]. The zero-order valence-corrected chi connectivity index (χ0v) is 11.5. The van der Waals surface area contributed by atoms with Crippen molar-refractivity contribution in [1.29, 1.82) is 0 Å². The number of unbranched alkanes of at least 4 members (excludes halogenated alkanes) is 4. The number of carboxylic acid groups (broad SMARTS) is 2. The fourth-order valence-electron chi connectivity index (χ4n) is 1.04. The molecule has 0 rings (SSSR count). The van der Waals surface area contributed by atoms with Gasteiger partial charge >= 0.3 is 17.1 Å². The molecule has 17 heavy (non-hydrogen) atoms. The molecule has 0 saturated carbocycles. The van der Waals surface area contributed by atoms with Crippen LogP contribution in [0.5, 0.6) is 0 Å². The third-order valence-electron chi connectivity index (χ3n) is 1.97. The van der Waals surface area contributed by atoms with E-state index in [-0.39, 0.29) is 29.9 Å². The van der Waals surface area contributed by atoms with E-state index >= 15 is 0 Å². The average Bonchev–Trinajstić information content (AvgIpc) is 2.18. The van der Waals surface area contributed by atoms with Gasteiger partial charge in [-0.15, -0.1) is 0 Å². The van der Waals surface area contributed by atoms with Crippen molar-refractivity contribution < 1.29 is 36.9 Å². The Kier molecular flexibility index (Phi) is 22.8. The molecule has 0 unspecified atom stereocenters. The molecule has 0 bridgehead atoms. The van der Waals surface area contributed by atoms with Gasteiger partial charge in [-0.05, 0) is 25.7 Å². The zero-order chi connectivity index (χ0) is 12.8. The van der Waals surface area contributed by atoms with Crippen molar-refractivity contribution in [3.8, 4) is 0 Å². The molecule has 0 aromatic heterocycles. The molecule has 0 aromatic carbocycles. The zero-order valence-electron chi connectivity index (χ0n) is 10.6. The van der Waals surface area contributed by atoms with Crippen molar-refractivity contribution in [2.45, 2.75) is 65.2 Å². The van der Waals surface area contributed by atoms with Gasteiger partial charge in [0.05, 0.1) is 0 Å². The number of carbonyl (C=O) groups excluding carboxylic acids is 2. The van der Waals surface area contributed by atoms with E-state index in [1.54, 1.807) is 0 Å². The summed E-state index contributed by atoms with van der Waals surface area (Å²) in [6, 6.07) is 0. The van der Waals surface area contributed by atoms with Gasteiger partial charge in [0.2, 0.25) is 0 Å². The molecule has 0 fully saturated rings. The predicted octanol–water partition coefficient (Wildman–Crippen LogP) is 0.631. The third kappa shape index (κ3) is 31.3. The maximum absolute atomic E-state index is 9.76. The Balaban J connectivity index is -0.000000218. The van der Waals surface area contributed by atoms with E-state index in [0.717, 1.165) is 38.5 Å². The van der Waals surface area contributed by atoms with E-state index in [1.807, 2.05) is 13.8 Å². The summed E-state index contributed by atoms with van der Waals surface area (Å²) in [5, 5.41) is 19.5. The van der Waals surface area contributed by atoms with Gasteiger partial charge in [-0.1, -0.05) is 39.5 Å². The van der Waals surface area contributed by atoms with Crippen LogP contribution in [-0.2, 0) is 26.7 Å². The van der Waals surface area contributed by atoms with Gasteiger partial charge < -0.3 is 19.8 Å². The summed E-state index contributed by atoms with van der Waals surface area (Å²) in [7, 11) is 0. The summed E-state index contributed by atoms with van der Waals surface area (Å²) in [6.45, 7) is 4.07. The second-order valence-corrected chi connectivity index (χ2v) is 3.66. The van der Waals surface area contributed by atoms with Crippen LogP contribution in [0, 0.1) is 0 Å². The Bertz CT molecular complexity index is 163. The van der Waals surface area contributed by atoms with Gasteiger partial charge in [-0.3, -0.25) is 0 Å². The summed E-state index contributed by atoms with van der Waals surface area (Å²) in [4.78, 5) is 19.5. The van der Waals surface area contributed by atoms with E-state index in [2.05, 4.69) is 0 Å². The van der Waals surface area contributed by atoms with Crippen LogP contribution in [0.1, 0.15) is 65.2 Å². The molecule has 0 spiro atoms. The molecule has 0 aliphatic rings. The van der Waals surface area contributed by atoms with Gasteiger partial charge in [-0.2, -0.15) is 0 Å². The van der Waals surface area contributed by atoms with Crippen LogP contribution in [0.4, 0.5) is 0 Å². The minimum absolute atomic E-state index is 0. The number of hydrogen-bond acceptors (Lipinski definition) is 4. The second kappa shape index (κ2) is 17.8. The Hall–Kier alpha value is -0.541.